The van der Waals surface area contributed by atoms with Crippen LogP contribution in [0.5, 0.6) is 0 Å². The van der Waals surface area contributed by atoms with Crippen molar-refractivity contribution in [1.82, 2.24) is 4.90 Å². The molecule has 0 unspecified atom stereocenters. The van der Waals surface area contributed by atoms with Crippen molar-refractivity contribution in [2.45, 2.75) is 31.8 Å². The van der Waals surface area contributed by atoms with Gasteiger partial charge in [-0.2, -0.15) is 0 Å². The number of piperidine rings is 1. The first-order valence-electron chi connectivity index (χ1n) is 8.84. The van der Waals surface area contributed by atoms with Crippen molar-refractivity contribution in [3.05, 3.63) is 69.9 Å². The van der Waals surface area contributed by atoms with Crippen LogP contribution in [0, 0.1) is 5.82 Å². The minimum atomic E-state index is -0.778. The predicted octanol–water partition coefficient (Wildman–Crippen LogP) is 4.21. The van der Waals surface area contributed by atoms with Crippen molar-refractivity contribution in [2.24, 2.45) is 0 Å². The summed E-state index contributed by atoms with van der Waals surface area (Å²) in [7, 11) is 0. The van der Waals surface area contributed by atoms with Gasteiger partial charge in [0.15, 0.2) is 0 Å². The predicted molar refractivity (Wildman–Crippen MR) is 104 cm³/mol. The van der Waals surface area contributed by atoms with E-state index >= 15 is 0 Å². The molecule has 1 fully saturated rings. The van der Waals surface area contributed by atoms with Gasteiger partial charge in [0.1, 0.15) is 12.4 Å². The largest absolute Gasteiger partial charge is 0.460 e. The number of carbonyl (C=O) groups excluding carboxylic acids is 2. The van der Waals surface area contributed by atoms with Gasteiger partial charge in [0.05, 0.1) is 5.41 Å². The number of rotatable bonds is 4. The van der Waals surface area contributed by atoms with Crippen LogP contribution in [-0.2, 0) is 26.3 Å². The van der Waals surface area contributed by atoms with Crippen LogP contribution in [0.1, 0.15) is 30.9 Å². The van der Waals surface area contributed by atoms with E-state index < -0.39 is 5.41 Å². The summed E-state index contributed by atoms with van der Waals surface area (Å²) in [6.45, 7) is 2.63. The number of nitrogens with zero attached hydrogens (tertiary/aromatic N) is 1. The quantitative estimate of drug-likeness (QED) is 0.678. The maximum absolute atomic E-state index is 13.3. The van der Waals surface area contributed by atoms with E-state index in [0.29, 0.717) is 36.0 Å². The Kier molecular flexibility index (Phi) is 5.95. The smallest absolute Gasteiger partial charge is 0.317 e. The highest BCUT2D eigenvalue weighted by Gasteiger charge is 2.44. The molecule has 1 amide bonds. The van der Waals surface area contributed by atoms with Crippen LogP contribution in [0.15, 0.2) is 53.0 Å². The average molecular weight is 434 g/mol. The summed E-state index contributed by atoms with van der Waals surface area (Å²) in [5.41, 5.74) is 0.824. The van der Waals surface area contributed by atoms with Crippen LogP contribution in [0.25, 0.3) is 0 Å². The molecule has 1 saturated heterocycles. The highest BCUT2D eigenvalue weighted by Crippen LogP contribution is 2.37. The van der Waals surface area contributed by atoms with Gasteiger partial charge in [-0.25, -0.2) is 4.39 Å². The third kappa shape index (κ3) is 4.21. The van der Waals surface area contributed by atoms with Crippen molar-refractivity contribution in [2.75, 3.05) is 13.1 Å². The lowest BCUT2D eigenvalue weighted by molar-refractivity contribution is -0.155. The molecule has 1 aliphatic heterocycles. The molecule has 142 valence electrons. The molecule has 0 atom stereocenters. The second kappa shape index (κ2) is 8.21. The molecule has 0 saturated carbocycles. The topological polar surface area (TPSA) is 46.6 Å². The van der Waals surface area contributed by atoms with Crippen molar-refractivity contribution < 1.29 is 18.7 Å². The lowest BCUT2D eigenvalue weighted by Gasteiger charge is -2.40. The van der Waals surface area contributed by atoms with Gasteiger partial charge >= 0.3 is 5.97 Å². The summed E-state index contributed by atoms with van der Waals surface area (Å²) >= 11 is 3.30. The van der Waals surface area contributed by atoms with E-state index in [1.54, 1.807) is 17.9 Å². The fourth-order valence-corrected chi connectivity index (χ4v) is 3.96. The van der Waals surface area contributed by atoms with E-state index in [1.165, 1.54) is 12.1 Å². The van der Waals surface area contributed by atoms with E-state index in [0.717, 1.165) is 5.56 Å². The van der Waals surface area contributed by atoms with Gasteiger partial charge in [0.2, 0.25) is 5.91 Å². The van der Waals surface area contributed by atoms with Crippen LogP contribution in [0.3, 0.4) is 0 Å². The summed E-state index contributed by atoms with van der Waals surface area (Å²) in [4.78, 5) is 26.6. The molecule has 3 rings (SSSR count). The molecular formula is C21H21BrFNO3. The molecule has 6 heteroatoms. The molecular weight excluding hydrogens is 413 g/mol. The minimum Gasteiger partial charge on any atom is -0.460 e. The first-order valence-corrected chi connectivity index (χ1v) is 9.64. The van der Waals surface area contributed by atoms with E-state index in [1.807, 2.05) is 30.3 Å². The van der Waals surface area contributed by atoms with Gasteiger partial charge in [-0.15, -0.1) is 0 Å². The Bertz CT molecular complexity index is 833. The third-order valence-electron chi connectivity index (χ3n) is 5.15. The van der Waals surface area contributed by atoms with Gasteiger partial charge in [0, 0.05) is 30.0 Å². The van der Waals surface area contributed by atoms with E-state index in [2.05, 4.69) is 15.9 Å². The monoisotopic (exact) mass is 433 g/mol. The fraction of sp³-hybridized carbons (Fsp3) is 0.333. The van der Waals surface area contributed by atoms with Gasteiger partial charge in [-0.3, -0.25) is 9.59 Å². The first-order chi connectivity index (χ1) is 12.9. The molecule has 0 radical (unpaired) electrons. The zero-order valence-corrected chi connectivity index (χ0v) is 16.7. The Morgan fingerprint density at radius 3 is 2.41 bits per heavy atom. The number of amides is 1. The SMILES string of the molecule is CC(=O)N1CCC(C(=O)OCc2ccc(F)cc2Br)(c2ccccc2)CC1. The number of ether oxygens (including phenoxy) is 1. The standard InChI is InChI=1S/C21H21BrFNO3/c1-15(25)24-11-9-21(10-12-24,17-5-3-2-4-6-17)20(26)27-14-16-7-8-18(23)13-19(16)22/h2-8,13H,9-12,14H2,1H3. The van der Waals surface area contributed by atoms with Crippen molar-refractivity contribution in [1.29, 1.82) is 0 Å². The van der Waals surface area contributed by atoms with Crippen LogP contribution in [-0.4, -0.2) is 29.9 Å². The van der Waals surface area contributed by atoms with Crippen LogP contribution < -0.4 is 0 Å². The van der Waals surface area contributed by atoms with Crippen LogP contribution >= 0.6 is 15.9 Å². The molecule has 0 aromatic heterocycles. The highest BCUT2D eigenvalue weighted by molar-refractivity contribution is 9.10. The average Bonchev–Trinajstić information content (AvgIpc) is 2.67. The third-order valence-corrected chi connectivity index (χ3v) is 5.89. The zero-order valence-electron chi connectivity index (χ0n) is 15.1. The Morgan fingerprint density at radius 1 is 1.15 bits per heavy atom. The summed E-state index contributed by atoms with van der Waals surface area (Å²) in [6, 6.07) is 13.9. The zero-order chi connectivity index (χ0) is 19.4. The number of halogens is 2. The fourth-order valence-electron chi connectivity index (χ4n) is 3.49. The molecule has 0 N–H and O–H groups in total. The first kappa shape index (κ1) is 19.5. The molecule has 2 aromatic carbocycles. The Labute approximate surface area is 166 Å². The number of likely N-dealkylation sites (tertiary alicyclic amines) is 1. The molecule has 27 heavy (non-hydrogen) atoms. The van der Waals surface area contributed by atoms with E-state index in [4.69, 9.17) is 4.74 Å². The van der Waals surface area contributed by atoms with Gasteiger partial charge in [0.25, 0.3) is 0 Å². The number of benzene rings is 2. The second-order valence-corrected chi connectivity index (χ2v) is 7.62. The van der Waals surface area contributed by atoms with Crippen molar-refractivity contribution >= 4 is 27.8 Å². The van der Waals surface area contributed by atoms with Crippen LogP contribution in [0.2, 0.25) is 0 Å². The number of hydrogen-bond acceptors (Lipinski definition) is 3. The summed E-state index contributed by atoms with van der Waals surface area (Å²) in [5.74, 6) is -0.650. The van der Waals surface area contributed by atoms with Crippen LogP contribution in [0.4, 0.5) is 4.39 Å². The number of hydrogen-bond donors (Lipinski definition) is 0. The number of esters is 1. The van der Waals surface area contributed by atoms with Crippen molar-refractivity contribution in [3.8, 4) is 0 Å². The molecule has 4 nitrogen and oxygen atoms in total. The van der Waals surface area contributed by atoms with Crippen molar-refractivity contribution in [3.63, 3.8) is 0 Å². The molecule has 0 spiro atoms. The Morgan fingerprint density at radius 2 is 1.81 bits per heavy atom. The Hall–Kier alpha value is -2.21. The Balaban J connectivity index is 1.81. The minimum absolute atomic E-state index is 0.0141. The van der Waals surface area contributed by atoms with E-state index in [-0.39, 0.29) is 24.3 Å². The summed E-state index contributed by atoms with van der Waals surface area (Å²) in [6.07, 6.45) is 1.03. The molecule has 0 aliphatic carbocycles. The molecule has 1 aliphatic rings. The van der Waals surface area contributed by atoms with Gasteiger partial charge < -0.3 is 9.64 Å². The number of carbonyl (C=O) groups is 2. The second-order valence-electron chi connectivity index (χ2n) is 6.77. The van der Waals surface area contributed by atoms with E-state index in [9.17, 15) is 14.0 Å². The maximum Gasteiger partial charge on any atom is 0.317 e. The summed E-state index contributed by atoms with van der Waals surface area (Å²) < 4.78 is 19.5. The maximum atomic E-state index is 13.3. The molecule has 0 bridgehead atoms. The molecule has 1 heterocycles. The lowest BCUT2D eigenvalue weighted by atomic mass is 9.72. The molecule has 2 aromatic rings. The normalized spacial score (nSPS) is 16.0. The summed E-state index contributed by atoms with van der Waals surface area (Å²) in [5, 5.41) is 0. The lowest BCUT2D eigenvalue weighted by Crippen LogP contribution is -2.49. The van der Waals surface area contributed by atoms with Gasteiger partial charge in [-0.1, -0.05) is 52.3 Å². The van der Waals surface area contributed by atoms with Gasteiger partial charge in [-0.05, 0) is 30.5 Å². The highest BCUT2D eigenvalue weighted by atomic mass is 79.9.